The third-order valence-electron chi connectivity index (χ3n) is 9.19. The molecule has 0 N–H and O–H groups in total. The van der Waals surface area contributed by atoms with E-state index in [0.717, 1.165) is 38.7 Å². The summed E-state index contributed by atoms with van der Waals surface area (Å²) < 4.78 is 0. The molecular weight excluding hydrogens is 609 g/mol. The van der Waals surface area contributed by atoms with E-state index in [1.807, 2.05) is 72.9 Å². The Bertz CT molecular complexity index is 2550. The summed E-state index contributed by atoms with van der Waals surface area (Å²) in [7, 11) is 0. The highest BCUT2D eigenvalue weighted by atomic mass is 15.0. The van der Waals surface area contributed by atoms with Gasteiger partial charge in [-0.25, -0.2) is 15.0 Å². The number of pyridine rings is 1. The minimum absolute atomic E-state index is 0.641. The molecule has 9 aromatic rings. The van der Waals surface area contributed by atoms with E-state index >= 15 is 0 Å². The van der Waals surface area contributed by atoms with E-state index in [1.165, 1.54) is 33.0 Å². The fourth-order valence-corrected chi connectivity index (χ4v) is 6.64. The molecule has 50 heavy (non-hydrogen) atoms. The zero-order chi connectivity index (χ0) is 33.3. The normalized spacial score (nSPS) is 11.2. The third kappa shape index (κ3) is 5.59. The van der Waals surface area contributed by atoms with Gasteiger partial charge in [0.1, 0.15) is 0 Å². The third-order valence-corrected chi connectivity index (χ3v) is 9.19. The Morgan fingerprint density at radius 3 is 1.26 bits per heavy atom. The van der Waals surface area contributed by atoms with Gasteiger partial charge in [0.25, 0.3) is 0 Å². The molecule has 4 heteroatoms. The molecule has 0 bridgehead atoms. The summed E-state index contributed by atoms with van der Waals surface area (Å²) in [6.07, 6.45) is 1.84. The minimum Gasteiger partial charge on any atom is -0.256 e. The van der Waals surface area contributed by atoms with Crippen LogP contribution in [0, 0.1) is 0 Å². The van der Waals surface area contributed by atoms with Crippen molar-refractivity contribution in [2.75, 3.05) is 0 Å². The summed E-state index contributed by atoms with van der Waals surface area (Å²) in [6.45, 7) is 0. The van der Waals surface area contributed by atoms with E-state index in [9.17, 15) is 0 Å². The van der Waals surface area contributed by atoms with Crippen LogP contribution in [0.4, 0.5) is 0 Å². The molecule has 0 amide bonds. The van der Waals surface area contributed by atoms with Crippen molar-refractivity contribution in [1.29, 1.82) is 0 Å². The van der Waals surface area contributed by atoms with Crippen molar-refractivity contribution >= 4 is 21.7 Å². The van der Waals surface area contributed by atoms with Crippen LogP contribution in [-0.4, -0.2) is 19.9 Å². The van der Waals surface area contributed by atoms with Crippen molar-refractivity contribution in [3.63, 3.8) is 0 Å². The summed E-state index contributed by atoms with van der Waals surface area (Å²) in [4.78, 5) is 19.3. The van der Waals surface area contributed by atoms with Gasteiger partial charge in [-0.15, -0.1) is 0 Å². The lowest BCUT2D eigenvalue weighted by Crippen LogP contribution is -2.00. The van der Waals surface area contributed by atoms with Crippen LogP contribution in [0.1, 0.15) is 0 Å². The van der Waals surface area contributed by atoms with E-state index in [4.69, 9.17) is 15.0 Å². The van der Waals surface area contributed by atoms with Crippen molar-refractivity contribution in [3.8, 4) is 67.5 Å². The first-order valence-corrected chi connectivity index (χ1v) is 16.7. The number of benzene rings is 7. The van der Waals surface area contributed by atoms with Gasteiger partial charge in [-0.1, -0.05) is 152 Å². The van der Waals surface area contributed by atoms with Gasteiger partial charge >= 0.3 is 0 Å². The molecule has 0 aliphatic heterocycles. The van der Waals surface area contributed by atoms with E-state index in [1.54, 1.807) is 0 Å². The Morgan fingerprint density at radius 2 is 0.740 bits per heavy atom. The van der Waals surface area contributed by atoms with Gasteiger partial charge in [0, 0.05) is 28.3 Å². The second-order valence-electron chi connectivity index (χ2n) is 12.3. The Morgan fingerprint density at radius 1 is 0.300 bits per heavy atom. The van der Waals surface area contributed by atoms with E-state index in [-0.39, 0.29) is 0 Å². The Hall–Kier alpha value is -6.78. The first kappa shape index (κ1) is 29.4. The average Bonchev–Trinajstić information content (AvgIpc) is 3.21. The quantitative estimate of drug-likeness (QED) is 0.182. The second kappa shape index (κ2) is 12.7. The topological polar surface area (TPSA) is 51.6 Å². The van der Waals surface area contributed by atoms with Gasteiger partial charge in [-0.05, 0) is 68.4 Å². The number of rotatable bonds is 6. The highest BCUT2D eigenvalue weighted by Crippen LogP contribution is 2.38. The molecule has 234 valence electrons. The average molecular weight is 639 g/mol. The number of aromatic nitrogens is 4. The van der Waals surface area contributed by atoms with Crippen LogP contribution >= 0.6 is 0 Å². The first-order chi connectivity index (χ1) is 24.8. The molecule has 0 aliphatic rings. The molecule has 0 fully saturated rings. The molecular formula is C46H30N4. The fraction of sp³-hybridized carbons (Fsp3) is 0. The van der Waals surface area contributed by atoms with E-state index in [0.29, 0.717) is 17.5 Å². The minimum atomic E-state index is 0.641. The lowest BCUT2D eigenvalue weighted by molar-refractivity contribution is 1.07. The summed E-state index contributed by atoms with van der Waals surface area (Å²) in [6, 6.07) is 61.2. The predicted molar refractivity (Wildman–Crippen MR) is 205 cm³/mol. The molecule has 0 saturated carbocycles. The highest BCUT2D eigenvalue weighted by Gasteiger charge is 2.15. The fourth-order valence-electron chi connectivity index (χ4n) is 6.64. The zero-order valence-corrected chi connectivity index (χ0v) is 27.1. The van der Waals surface area contributed by atoms with Crippen molar-refractivity contribution in [2.45, 2.75) is 0 Å². The van der Waals surface area contributed by atoms with Crippen molar-refractivity contribution in [2.24, 2.45) is 0 Å². The van der Waals surface area contributed by atoms with Crippen LogP contribution in [0.5, 0.6) is 0 Å². The standard InChI is InChI=1S/C46H30N4/c1-3-11-34(12-4-1)44-48-45(35-13-5-2-6-14-35)50-46(49-44)36-26-24-33(25-27-36)42-30-38-16-8-7-15-37(38)29-41(42)32-22-20-31(21-23-32)39-17-9-19-43-40(39)18-10-28-47-43/h1-30H. The highest BCUT2D eigenvalue weighted by molar-refractivity contribution is 5.98. The molecule has 0 aliphatic carbocycles. The molecule has 0 spiro atoms. The smallest absolute Gasteiger partial charge is 0.164 e. The van der Waals surface area contributed by atoms with E-state index < -0.39 is 0 Å². The molecule has 0 unspecified atom stereocenters. The second-order valence-corrected chi connectivity index (χ2v) is 12.3. The van der Waals surface area contributed by atoms with Crippen molar-refractivity contribution in [1.82, 2.24) is 19.9 Å². The van der Waals surface area contributed by atoms with Crippen LogP contribution in [0.15, 0.2) is 182 Å². The zero-order valence-electron chi connectivity index (χ0n) is 27.1. The number of nitrogens with zero attached hydrogens (tertiary/aromatic N) is 4. The summed E-state index contributed by atoms with van der Waals surface area (Å²) >= 11 is 0. The SMILES string of the molecule is c1ccc(-c2nc(-c3ccccc3)nc(-c3ccc(-c4cc5ccccc5cc4-c4ccc(-c5cccc6ncccc56)cc4)cc3)n2)cc1. The van der Waals surface area contributed by atoms with Crippen molar-refractivity contribution in [3.05, 3.63) is 182 Å². The molecule has 0 atom stereocenters. The predicted octanol–water partition coefficient (Wildman–Crippen LogP) is 11.6. The van der Waals surface area contributed by atoms with Gasteiger partial charge in [-0.3, -0.25) is 4.98 Å². The number of fused-ring (bicyclic) bond motifs is 2. The molecule has 7 aromatic carbocycles. The molecule has 4 nitrogen and oxygen atoms in total. The van der Waals surface area contributed by atoms with Gasteiger partial charge in [0.15, 0.2) is 17.5 Å². The van der Waals surface area contributed by atoms with Crippen molar-refractivity contribution < 1.29 is 0 Å². The maximum Gasteiger partial charge on any atom is 0.164 e. The Kier molecular flexibility index (Phi) is 7.45. The van der Waals surface area contributed by atoms with Crippen LogP contribution in [-0.2, 0) is 0 Å². The summed E-state index contributed by atoms with van der Waals surface area (Å²) in [5.74, 6) is 1.94. The van der Waals surface area contributed by atoms with Gasteiger partial charge in [0.05, 0.1) is 5.52 Å². The van der Waals surface area contributed by atoms with Gasteiger partial charge in [0.2, 0.25) is 0 Å². The molecule has 2 heterocycles. The molecule has 0 saturated heterocycles. The van der Waals surface area contributed by atoms with Crippen LogP contribution in [0.25, 0.3) is 89.2 Å². The largest absolute Gasteiger partial charge is 0.256 e. The van der Waals surface area contributed by atoms with Crippen LogP contribution < -0.4 is 0 Å². The Labute approximate surface area is 290 Å². The monoisotopic (exact) mass is 638 g/mol. The van der Waals surface area contributed by atoms with Gasteiger partial charge in [-0.2, -0.15) is 0 Å². The lowest BCUT2D eigenvalue weighted by atomic mass is 9.90. The molecule has 0 radical (unpaired) electrons. The maximum absolute atomic E-state index is 4.93. The first-order valence-electron chi connectivity index (χ1n) is 16.7. The van der Waals surface area contributed by atoms with Gasteiger partial charge < -0.3 is 0 Å². The summed E-state index contributed by atoms with van der Waals surface area (Å²) in [5.41, 5.74) is 10.8. The van der Waals surface area contributed by atoms with Crippen LogP contribution in [0.3, 0.4) is 0 Å². The maximum atomic E-state index is 4.93. The summed E-state index contributed by atoms with van der Waals surface area (Å²) in [5, 5.41) is 3.56. The number of hydrogen-bond acceptors (Lipinski definition) is 4. The van der Waals surface area contributed by atoms with Crippen LogP contribution in [0.2, 0.25) is 0 Å². The molecule has 9 rings (SSSR count). The lowest BCUT2D eigenvalue weighted by Gasteiger charge is -2.14. The molecule has 2 aromatic heterocycles. The van der Waals surface area contributed by atoms with E-state index in [2.05, 4.69) is 114 Å². The number of hydrogen-bond donors (Lipinski definition) is 0. The Balaban J connectivity index is 1.12.